The second-order valence-electron chi connectivity index (χ2n) is 6.96. The fourth-order valence-corrected chi connectivity index (χ4v) is 3.53. The number of imidazole rings is 1. The Hall–Kier alpha value is -3.15. The molecular formula is C21H22N4O2. The molecule has 0 saturated carbocycles. The Balaban J connectivity index is 1.49. The van der Waals surface area contributed by atoms with E-state index in [0.717, 1.165) is 22.3 Å². The van der Waals surface area contributed by atoms with E-state index in [0.29, 0.717) is 13.1 Å². The van der Waals surface area contributed by atoms with Gasteiger partial charge in [0.25, 0.3) is 0 Å². The number of hydrogen-bond donors (Lipinski definition) is 0. The zero-order chi connectivity index (χ0) is 19.0. The van der Waals surface area contributed by atoms with Crippen molar-refractivity contribution in [2.24, 2.45) is 0 Å². The molecule has 0 spiro atoms. The van der Waals surface area contributed by atoms with Crippen LogP contribution in [0.15, 0.2) is 54.9 Å². The number of amides is 2. The van der Waals surface area contributed by atoms with Gasteiger partial charge in [-0.15, -0.1) is 0 Å². The Bertz CT molecular complexity index is 993. The lowest BCUT2D eigenvalue weighted by Crippen LogP contribution is -2.53. The first-order chi connectivity index (χ1) is 13.0. The number of carbonyl (C=O) groups is 2. The van der Waals surface area contributed by atoms with E-state index in [1.807, 2.05) is 66.9 Å². The standard InChI is InChI=1S/C21H22N4O2/c1-15-7-9-17(10-8-15)24-12-11-23(13-20(24)26)21(27)16(2)25-14-22-18-5-3-4-6-19(18)25/h3-10,14,16H,11-13H2,1-2H3/t16-/m0/s1. The van der Waals surface area contributed by atoms with Crippen LogP contribution in [0.5, 0.6) is 0 Å². The van der Waals surface area contributed by atoms with Crippen molar-refractivity contribution >= 4 is 28.5 Å². The van der Waals surface area contributed by atoms with Gasteiger partial charge in [0.1, 0.15) is 12.6 Å². The average Bonchev–Trinajstić information content (AvgIpc) is 3.12. The highest BCUT2D eigenvalue weighted by atomic mass is 16.2. The normalized spacial score (nSPS) is 16.0. The number of benzene rings is 2. The summed E-state index contributed by atoms with van der Waals surface area (Å²) in [6.07, 6.45) is 1.69. The minimum atomic E-state index is -0.406. The smallest absolute Gasteiger partial charge is 0.246 e. The van der Waals surface area contributed by atoms with Crippen molar-refractivity contribution in [2.45, 2.75) is 19.9 Å². The molecule has 1 aliphatic heterocycles. The lowest BCUT2D eigenvalue weighted by Gasteiger charge is -2.35. The monoisotopic (exact) mass is 362 g/mol. The number of carbonyl (C=O) groups excluding carboxylic acids is 2. The second kappa shape index (κ2) is 6.87. The molecule has 1 aromatic heterocycles. The van der Waals surface area contributed by atoms with E-state index in [-0.39, 0.29) is 18.4 Å². The van der Waals surface area contributed by atoms with E-state index in [9.17, 15) is 9.59 Å². The summed E-state index contributed by atoms with van der Waals surface area (Å²) in [5, 5.41) is 0. The topological polar surface area (TPSA) is 58.4 Å². The van der Waals surface area contributed by atoms with Crippen molar-refractivity contribution < 1.29 is 9.59 Å². The number of rotatable bonds is 3. The van der Waals surface area contributed by atoms with Gasteiger partial charge in [-0.3, -0.25) is 9.59 Å². The van der Waals surface area contributed by atoms with Crippen LogP contribution >= 0.6 is 0 Å². The molecule has 2 aromatic carbocycles. The van der Waals surface area contributed by atoms with Gasteiger partial charge in [-0.1, -0.05) is 29.8 Å². The summed E-state index contributed by atoms with van der Waals surface area (Å²) in [6.45, 7) is 5.00. The third-order valence-corrected chi connectivity index (χ3v) is 5.13. The Morgan fingerprint density at radius 2 is 1.81 bits per heavy atom. The van der Waals surface area contributed by atoms with Crippen LogP contribution in [0, 0.1) is 6.92 Å². The molecule has 0 unspecified atom stereocenters. The van der Waals surface area contributed by atoms with E-state index in [1.165, 1.54) is 0 Å². The first-order valence-corrected chi connectivity index (χ1v) is 9.12. The Labute approximate surface area is 158 Å². The number of nitrogens with zero attached hydrogens (tertiary/aromatic N) is 4. The number of hydrogen-bond acceptors (Lipinski definition) is 3. The summed E-state index contributed by atoms with van der Waals surface area (Å²) < 4.78 is 1.87. The molecule has 0 radical (unpaired) electrons. The molecule has 3 aromatic rings. The average molecular weight is 362 g/mol. The fourth-order valence-electron chi connectivity index (χ4n) is 3.53. The van der Waals surface area contributed by atoms with E-state index in [4.69, 9.17) is 0 Å². The van der Waals surface area contributed by atoms with Gasteiger partial charge in [0, 0.05) is 18.8 Å². The van der Waals surface area contributed by atoms with Gasteiger partial charge in [-0.25, -0.2) is 4.98 Å². The largest absolute Gasteiger partial charge is 0.330 e. The van der Waals surface area contributed by atoms with Crippen LogP contribution in [0.2, 0.25) is 0 Å². The molecule has 6 heteroatoms. The van der Waals surface area contributed by atoms with E-state index in [1.54, 1.807) is 16.1 Å². The van der Waals surface area contributed by atoms with Crippen molar-refractivity contribution in [2.75, 3.05) is 24.5 Å². The van der Waals surface area contributed by atoms with Crippen LogP contribution in [0.1, 0.15) is 18.5 Å². The Kier molecular flexibility index (Phi) is 4.39. The highest BCUT2D eigenvalue weighted by Gasteiger charge is 2.31. The summed E-state index contributed by atoms with van der Waals surface area (Å²) in [6, 6.07) is 15.2. The van der Waals surface area contributed by atoms with Crippen molar-refractivity contribution in [3.8, 4) is 0 Å². The highest BCUT2D eigenvalue weighted by molar-refractivity contribution is 5.98. The van der Waals surface area contributed by atoms with Crippen molar-refractivity contribution in [1.82, 2.24) is 14.5 Å². The number of piperazine rings is 1. The minimum absolute atomic E-state index is 0.0545. The van der Waals surface area contributed by atoms with Gasteiger partial charge in [-0.05, 0) is 38.1 Å². The molecule has 1 saturated heterocycles. The number of anilines is 1. The van der Waals surface area contributed by atoms with Crippen molar-refractivity contribution in [3.63, 3.8) is 0 Å². The zero-order valence-corrected chi connectivity index (χ0v) is 15.5. The zero-order valence-electron chi connectivity index (χ0n) is 15.5. The summed E-state index contributed by atoms with van der Waals surface area (Å²) in [5.74, 6) is -0.115. The molecular weight excluding hydrogens is 340 g/mol. The summed E-state index contributed by atoms with van der Waals surface area (Å²) in [7, 11) is 0. The molecule has 0 aliphatic carbocycles. The third kappa shape index (κ3) is 3.18. The van der Waals surface area contributed by atoms with E-state index in [2.05, 4.69) is 4.98 Å². The van der Waals surface area contributed by atoms with Crippen LogP contribution in [-0.4, -0.2) is 45.9 Å². The first kappa shape index (κ1) is 17.3. The van der Waals surface area contributed by atoms with Gasteiger partial charge in [-0.2, -0.15) is 0 Å². The van der Waals surface area contributed by atoms with E-state index >= 15 is 0 Å². The summed E-state index contributed by atoms with van der Waals surface area (Å²) in [4.78, 5) is 33.4. The Morgan fingerprint density at radius 1 is 1.07 bits per heavy atom. The summed E-state index contributed by atoms with van der Waals surface area (Å²) >= 11 is 0. The fraction of sp³-hybridized carbons (Fsp3) is 0.286. The van der Waals surface area contributed by atoms with E-state index < -0.39 is 6.04 Å². The molecule has 4 rings (SSSR count). The highest BCUT2D eigenvalue weighted by Crippen LogP contribution is 2.22. The first-order valence-electron chi connectivity index (χ1n) is 9.12. The van der Waals surface area contributed by atoms with Gasteiger partial charge >= 0.3 is 0 Å². The predicted octanol–water partition coefficient (Wildman–Crippen LogP) is 2.78. The molecule has 27 heavy (non-hydrogen) atoms. The van der Waals surface area contributed by atoms with Crippen LogP contribution in [0.25, 0.3) is 11.0 Å². The number of aryl methyl sites for hydroxylation is 1. The lowest BCUT2D eigenvalue weighted by molar-refractivity contribution is -0.139. The van der Waals surface area contributed by atoms with Crippen LogP contribution in [0.4, 0.5) is 5.69 Å². The molecule has 138 valence electrons. The Morgan fingerprint density at radius 3 is 2.56 bits per heavy atom. The molecule has 0 N–H and O–H groups in total. The molecule has 0 bridgehead atoms. The van der Waals surface area contributed by atoms with Gasteiger partial charge in [0.05, 0.1) is 17.4 Å². The number of para-hydroxylation sites is 2. The van der Waals surface area contributed by atoms with Crippen LogP contribution in [-0.2, 0) is 9.59 Å². The van der Waals surface area contributed by atoms with Crippen LogP contribution < -0.4 is 4.90 Å². The number of aromatic nitrogens is 2. The predicted molar refractivity (Wildman–Crippen MR) is 105 cm³/mol. The van der Waals surface area contributed by atoms with Crippen molar-refractivity contribution in [1.29, 1.82) is 0 Å². The SMILES string of the molecule is Cc1ccc(N2CCN(C(=O)[C@H](C)n3cnc4ccccc43)CC2=O)cc1. The third-order valence-electron chi connectivity index (χ3n) is 5.13. The molecule has 1 aliphatic rings. The minimum Gasteiger partial charge on any atom is -0.330 e. The van der Waals surface area contributed by atoms with Crippen molar-refractivity contribution in [3.05, 3.63) is 60.4 Å². The molecule has 1 fully saturated rings. The maximum atomic E-state index is 13.0. The molecule has 2 heterocycles. The molecule has 2 amide bonds. The lowest BCUT2D eigenvalue weighted by atomic mass is 10.1. The summed E-state index contributed by atoms with van der Waals surface area (Å²) in [5.41, 5.74) is 3.81. The number of fused-ring (bicyclic) bond motifs is 1. The maximum absolute atomic E-state index is 13.0. The maximum Gasteiger partial charge on any atom is 0.246 e. The van der Waals surface area contributed by atoms with Gasteiger partial charge in [0.2, 0.25) is 11.8 Å². The van der Waals surface area contributed by atoms with Crippen LogP contribution in [0.3, 0.4) is 0 Å². The molecule has 1 atom stereocenters. The quantitative estimate of drug-likeness (QED) is 0.720. The molecule has 6 nitrogen and oxygen atoms in total. The second-order valence-corrected chi connectivity index (χ2v) is 6.96. The van der Waals surface area contributed by atoms with Gasteiger partial charge < -0.3 is 14.4 Å². The van der Waals surface area contributed by atoms with Gasteiger partial charge in [0.15, 0.2) is 0 Å².